The molecule has 2 aromatic rings. The van der Waals surface area contributed by atoms with Crippen molar-refractivity contribution in [1.82, 2.24) is 5.16 Å². The van der Waals surface area contributed by atoms with Gasteiger partial charge in [-0.05, 0) is 54.2 Å². The van der Waals surface area contributed by atoms with Crippen LogP contribution in [-0.2, 0) is 14.6 Å². The van der Waals surface area contributed by atoms with Crippen LogP contribution in [0.3, 0.4) is 0 Å². The lowest BCUT2D eigenvalue weighted by atomic mass is 9.91. The van der Waals surface area contributed by atoms with Crippen molar-refractivity contribution in [3.05, 3.63) is 36.1 Å². The van der Waals surface area contributed by atoms with Gasteiger partial charge in [0, 0.05) is 16.7 Å². The topological polar surface area (TPSA) is 75.4 Å². The highest BCUT2D eigenvalue weighted by Gasteiger charge is 2.30. The van der Waals surface area contributed by atoms with Gasteiger partial charge in [-0.3, -0.25) is 0 Å². The largest absolute Gasteiger partial charge is 0.359 e. The van der Waals surface area contributed by atoms with Gasteiger partial charge in [-0.1, -0.05) is 24.4 Å². The number of hydrogen-bond acceptors (Lipinski definition) is 4. The van der Waals surface area contributed by atoms with Crippen molar-refractivity contribution in [3.8, 4) is 0 Å². The molecule has 1 heterocycles. The molecule has 1 atom stereocenters. The monoisotopic (exact) mass is 367 g/mol. The number of rotatable bonds is 6. The van der Waals surface area contributed by atoms with Crippen LogP contribution in [0.5, 0.6) is 0 Å². The quantitative estimate of drug-likeness (QED) is 0.554. The smallest absolute Gasteiger partial charge is 0.347 e. The van der Waals surface area contributed by atoms with Crippen LogP contribution in [0, 0.1) is 12.8 Å². The van der Waals surface area contributed by atoms with Crippen molar-refractivity contribution in [2.75, 3.05) is 10.5 Å². The normalized spacial score (nSPS) is 18.2. The summed E-state index contributed by atoms with van der Waals surface area (Å²) >= 11 is 1.83. The van der Waals surface area contributed by atoms with Gasteiger partial charge < -0.3 is 4.52 Å². The molecular weight excluding hydrogens is 344 g/mol. The van der Waals surface area contributed by atoms with Crippen molar-refractivity contribution in [3.63, 3.8) is 0 Å². The first kappa shape index (κ1) is 17.5. The average Bonchev–Trinajstić information content (AvgIpc) is 2.98. The zero-order valence-electron chi connectivity index (χ0n) is 13.7. The zero-order valence-corrected chi connectivity index (χ0v) is 15.4. The molecule has 0 radical (unpaired) electrons. The second-order valence-corrected chi connectivity index (χ2v) is 9.06. The van der Waals surface area contributed by atoms with Gasteiger partial charge in [0.2, 0.25) is 10.7 Å². The van der Waals surface area contributed by atoms with Gasteiger partial charge in [-0.15, -0.1) is 11.8 Å². The molecule has 1 aliphatic rings. The molecule has 1 unspecified atom stereocenters. The van der Waals surface area contributed by atoms with E-state index in [1.165, 1.54) is 32.1 Å². The molecule has 1 fully saturated rings. The minimum Gasteiger partial charge on any atom is -0.359 e. The maximum atomic E-state index is 12.4. The molecular formula is C17H23N2O3S2+. The Bertz CT molecular complexity index is 709. The van der Waals surface area contributed by atoms with Crippen LogP contribution in [0.25, 0.3) is 0 Å². The third-order valence-electron chi connectivity index (χ3n) is 4.22. The number of anilines is 1. The Labute approximate surface area is 148 Å². The molecule has 5 nitrogen and oxygen atoms in total. The van der Waals surface area contributed by atoms with Crippen LogP contribution in [0.1, 0.15) is 37.9 Å². The van der Waals surface area contributed by atoms with Crippen molar-refractivity contribution in [2.24, 2.45) is 5.92 Å². The second-order valence-electron chi connectivity index (χ2n) is 6.24. The fourth-order valence-electron chi connectivity index (χ4n) is 2.90. The maximum Gasteiger partial charge on any atom is 0.347 e. The van der Waals surface area contributed by atoms with Crippen LogP contribution < -0.4 is 4.72 Å². The van der Waals surface area contributed by atoms with Gasteiger partial charge in [0.15, 0.2) is 0 Å². The zero-order chi connectivity index (χ0) is 17.0. The van der Waals surface area contributed by atoms with Crippen molar-refractivity contribution < 1.29 is 13.3 Å². The number of hydrogen-bond donors (Lipinski definition) is 2. The highest BCUT2D eigenvalue weighted by atomic mass is 32.3. The van der Waals surface area contributed by atoms with Crippen LogP contribution in [0.2, 0.25) is 0 Å². The van der Waals surface area contributed by atoms with Crippen LogP contribution in [0.15, 0.2) is 44.6 Å². The van der Waals surface area contributed by atoms with E-state index in [1.54, 1.807) is 25.1 Å². The molecule has 130 valence electrons. The predicted octanol–water partition coefficient (Wildman–Crippen LogP) is 5.01. The second kappa shape index (κ2) is 7.72. The number of aromatic nitrogens is 1. The molecule has 2 N–H and O–H groups in total. The summed E-state index contributed by atoms with van der Waals surface area (Å²) in [6, 6.07) is 8.81. The Balaban J connectivity index is 1.59. The van der Waals surface area contributed by atoms with E-state index in [2.05, 4.69) is 9.88 Å². The van der Waals surface area contributed by atoms with E-state index in [9.17, 15) is 8.76 Å². The van der Waals surface area contributed by atoms with Crippen LogP contribution in [-0.4, -0.2) is 15.5 Å². The summed E-state index contributed by atoms with van der Waals surface area (Å²) in [4.78, 5) is 1.47. The molecule has 0 saturated heterocycles. The Morgan fingerprint density at radius 3 is 2.62 bits per heavy atom. The first-order chi connectivity index (χ1) is 11.5. The Morgan fingerprint density at radius 2 is 2.00 bits per heavy atom. The first-order valence-electron chi connectivity index (χ1n) is 8.23. The molecule has 1 aromatic carbocycles. The van der Waals surface area contributed by atoms with Crippen LogP contribution in [0.4, 0.5) is 5.82 Å². The lowest BCUT2D eigenvalue weighted by molar-refractivity contribution is 0.391. The molecule has 0 bridgehead atoms. The maximum absolute atomic E-state index is 12.4. The molecule has 7 heteroatoms. The molecule has 0 spiro atoms. The van der Waals surface area contributed by atoms with Gasteiger partial charge in [0.25, 0.3) is 0 Å². The van der Waals surface area contributed by atoms with Crippen molar-refractivity contribution in [1.29, 1.82) is 0 Å². The molecule has 3 rings (SSSR count). The van der Waals surface area contributed by atoms with Gasteiger partial charge in [-0.25, -0.2) is 0 Å². The highest BCUT2D eigenvalue weighted by Crippen LogP contribution is 2.31. The Hall–Kier alpha value is -1.31. The fourth-order valence-corrected chi connectivity index (χ4v) is 5.00. The van der Waals surface area contributed by atoms with Gasteiger partial charge in [0.1, 0.15) is 5.76 Å². The Morgan fingerprint density at radius 1 is 1.29 bits per heavy atom. The first-order valence-corrected chi connectivity index (χ1v) is 10.7. The summed E-state index contributed by atoms with van der Waals surface area (Å²) < 4.78 is 30.1. The summed E-state index contributed by atoms with van der Waals surface area (Å²) in [5, 5.41) is 3.70. The van der Waals surface area contributed by atoms with E-state index in [0.29, 0.717) is 10.7 Å². The summed E-state index contributed by atoms with van der Waals surface area (Å²) in [6.07, 6.45) is 6.74. The SMILES string of the molecule is Cc1cc(N[S+](=O)(O)c2ccc(SCC3CCCCC3)cc2)no1. The molecule has 24 heavy (non-hydrogen) atoms. The standard InChI is InChI=1S/C17H22N2O3S2/c1-13-11-17(18-22-13)19-24(20,21)16-9-7-15(8-10-16)23-12-14-5-3-2-4-6-14/h7-11,14H,2-6,12H2,1H3,(H-,18,19,20,21)/p+1. The van der Waals surface area contributed by atoms with E-state index in [4.69, 9.17) is 4.52 Å². The van der Waals surface area contributed by atoms with E-state index >= 15 is 0 Å². The molecule has 1 saturated carbocycles. The van der Waals surface area contributed by atoms with E-state index in [1.807, 2.05) is 23.9 Å². The summed E-state index contributed by atoms with van der Waals surface area (Å²) in [7, 11) is -3.38. The third kappa shape index (κ3) is 4.62. The lowest BCUT2D eigenvalue weighted by Crippen LogP contribution is -2.20. The number of benzene rings is 1. The molecule has 0 amide bonds. The molecule has 1 aliphatic carbocycles. The van der Waals surface area contributed by atoms with Crippen molar-refractivity contribution in [2.45, 2.75) is 48.8 Å². The molecule has 1 aromatic heterocycles. The number of nitrogens with zero attached hydrogens (tertiary/aromatic N) is 1. The van der Waals surface area contributed by atoms with Gasteiger partial charge in [0.05, 0.1) is 0 Å². The van der Waals surface area contributed by atoms with Gasteiger partial charge in [-0.2, -0.15) is 9.27 Å². The minimum absolute atomic E-state index is 0.260. The summed E-state index contributed by atoms with van der Waals surface area (Å²) in [5.74, 6) is 2.78. The minimum atomic E-state index is -3.38. The lowest BCUT2D eigenvalue weighted by Gasteiger charge is -2.20. The number of aryl methyl sites for hydroxylation is 1. The fraction of sp³-hybridized carbons (Fsp3) is 0.471. The Kier molecular flexibility index (Phi) is 5.63. The highest BCUT2D eigenvalue weighted by molar-refractivity contribution is 7.99. The van der Waals surface area contributed by atoms with E-state index in [-0.39, 0.29) is 5.82 Å². The van der Waals surface area contributed by atoms with E-state index < -0.39 is 10.4 Å². The van der Waals surface area contributed by atoms with E-state index in [0.717, 1.165) is 16.6 Å². The summed E-state index contributed by atoms with van der Waals surface area (Å²) in [6.45, 7) is 1.73. The summed E-state index contributed by atoms with van der Waals surface area (Å²) in [5.41, 5.74) is 0. The third-order valence-corrected chi connectivity index (χ3v) is 6.87. The number of thioether (sulfide) groups is 1. The average molecular weight is 368 g/mol. The number of nitrogens with one attached hydrogen (secondary N) is 1. The van der Waals surface area contributed by atoms with Crippen molar-refractivity contribution >= 4 is 28.0 Å². The molecule has 0 aliphatic heterocycles. The van der Waals surface area contributed by atoms with Crippen LogP contribution >= 0.6 is 11.8 Å². The predicted molar refractivity (Wildman–Crippen MR) is 97.6 cm³/mol. The van der Waals surface area contributed by atoms with Gasteiger partial charge >= 0.3 is 10.4 Å².